The Morgan fingerprint density at radius 1 is 1.44 bits per heavy atom. The van der Waals surface area contributed by atoms with Crippen molar-refractivity contribution in [2.24, 2.45) is 0 Å². The van der Waals surface area contributed by atoms with Crippen molar-refractivity contribution in [2.45, 2.75) is 56.7 Å². The molecule has 2 saturated carbocycles. The van der Waals surface area contributed by atoms with Gasteiger partial charge in [0.05, 0.1) is 12.7 Å². The highest BCUT2D eigenvalue weighted by Gasteiger charge is 2.43. The fourth-order valence-electron chi connectivity index (χ4n) is 2.81. The Morgan fingerprint density at radius 2 is 2.22 bits per heavy atom. The first-order valence-corrected chi connectivity index (χ1v) is 7.16. The van der Waals surface area contributed by atoms with Gasteiger partial charge in [0.2, 0.25) is 0 Å². The SMILES string of the molecule is CCOCCN(C)C1CCC(C#N)(NC2CC2)C1. The minimum absolute atomic E-state index is 0.258. The molecule has 0 spiro atoms. The average molecular weight is 251 g/mol. The minimum atomic E-state index is -0.258. The molecular weight excluding hydrogens is 226 g/mol. The van der Waals surface area contributed by atoms with Crippen molar-refractivity contribution in [3.63, 3.8) is 0 Å². The third-order valence-electron chi connectivity index (χ3n) is 4.18. The summed E-state index contributed by atoms with van der Waals surface area (Å²) in [6, 6.07) is 3.66. The van der Waals surface area contributed by atoms with Crippen LogP contribution in [0.2, 0.25) is 0 Å². The second-order valence-electron chi connectivity index (χ2n) is 5.69. The fourth-order valence-corrected chi connectivity index (χ4v) is 2.81. The zero-order valence-corrected chi connectivity index (χ0v) is 11.6. The Kier molecular flexibility index (Phi) is 4.60. The van der Waals surface area contributed by atoms with Gasteiger partial charge in [-0.25, -0.2) is 0 Å². The highest BCUT2D eigenvalue weighted by atomic mass is 16.5. The zero-order valence-electron chi connectivity index (χ0n) is 11.6. The van der Waals surface area contributed by atoms with Crippen LogP contribution in [0, 0.1) is 11.3 Å². The second-order valence-corrected chi connectivity index (χ2v) is 5.69. The minimum Gasteiger partial charge on any atom is -0.380 e. The van der Waals surface area contributed by atoms with Gasteiger partial charge in [-0.1, -0.05) is 0 Å². The molecule has 0 amide bonds. The predicted molar refractivity (Wildman–Crippen MR) is 71.3 cm³/mol. The maximum Gasteiger partial charge on any atom is 0.108 e. The summed E-state index contributed by atoms with van der Waals surface area (Å²) < 4.78 is 5.39. The van der Waals surface area contributed by atoms with Crippen LogP contribution in [0.3, 0.4) is 0 Å². The number of nitriles is 1. The maximum absolute atomic E-state index is 9.45. The Balaban J connectivity index is 1.80. The lowest BCUT2D eigenvalue weighted by molar-refractivity contribution is 0.107. The van der Waals surface area contributed by atoms with E-state index in [9.17, 15) is 5.26 Å². The molecule has 0 aromatic heterocycles. The lowest BCUT2D eigenvalue weighted by Gasteiger charge is -2.27. The van der Waals surface area contributed by atoms with E-state index in [0.29, 0.717) is 12.1 Å². The molecule has 0 aliphatic heterocycles. The third-order valence-corrected chi connectivity index (χ3v) is 4.18. The first-order chi connectivity index (χ1) is 8.69. The molecule has 1 N–H and O–H groups in total. The molecule has 102 valence electrons. The van der Waals surface area contributed by atoms with E-state index in [1.54, 1.807) is 0 Å². The summed E-state index contributed by atoms with van der Waals surface area (Å²) in [5.41, 5.74) is -0.258. The van der Waals surface area contributed by atoms with Crippen molar-refractivity contribution in [1.82, 2.24) is 10.2 Å². The highest BCUT2D eigenvalue weighted by Crippen LogP contribution is 2.35. The fraction of sp³-hybridized carbons (Fsp3) is 0.929. The van der Waals surface area contributed by atoms with Crippen molar-refractivity contribution in [3.05, 3.63) is 0 Å². The molecule has 0 heterocycles. The topological polar surface area (TPSA) is 48.3 Å². The molecule has 2 fully saturated rings. The molecule has 0 saturated heterocycles. The van der Waals surface area contributed by atoms with Crippen LogP contribution in [0.5, 0.6) is 0 Å². The van der Waals surface area contributed by atoms with Crippen LogP contribution in [0.15, 0.2) is 0 Å². The van der Waals surface area contributed by atoms with Crippen molar-refractivity contribution in [1.29, 1.82) is 5.26 Å². The molecule has 2 aliphatic carbocycles. The number of ether oxygens (including phenoxy) is 1. The van der Waals surface area contributed by atoms with Crippen LogP contribution in [-0.2, 0) is 4.74 Å². The van der Waals surface area contributed by atoms with Crippen LogP contribution in [-0.4, -0.2) is 49.3 Å². The van der Waals surface area contributed by atoms with Crippen LogP contribution in [0.4, 0.5) is 0 Å². The van der Waals surface area contributed by atoms with Gasteiger partial charge in [0.1, 0.15) is 5.54 Å². The number of nitrogens with zero attached hydrogens (tertiary/aromatic N) is 2. The molecule has 2 unspecified atom stereocenters. The molecular formula is C14H25N3O. The summed E-state index contributed by atoms with van der Waals surface area (Å²) in [5, 5.41) is 13.0. The van der Waals surface area contributed by atoms with Crippen molar-refractivity contribution in [3.8, 4) is 6.07 Å². The highest BCUT2D eigenvalue weighted by molar-refractivity contribution is 5.15. The van der Waals surface area contributed by atoms with Crippen LogP contribution < -0.4 is 5.32 Å². The van der Waals surface area contributed by atoms with E-state index in [1.165, 1.54) is 12.8 Å². The Labute approximate surface area is 110 Å². The summed E-state index contributed by atoms with van der Waals surface area (Å²) in [6.07, 6.45) is 5.56. The summed E-state index contributed by atoms with van der Waals surface area (Å²) in [4.78, 5) is 2.35. The van der Waals surface area contributed by atoms with Crippen molar-refractivity contribution < 1.29 is 4.74 Å². The Bertz CT molecular complexity index is 311. The zero-order chi connectivity index (χ0) is 13.0. The lowest BCUT2D eigenvalue weighted by Crippen LogP contribution is -2.44. The number of nitrogens with one attached hydrogen (secondary N) is 1. The molecule has 2 aliphatic rings. The smallest absolute Gasteiger partial charge is 0.108 e. The van der Waals surface area contributed by atoms with Crippen LogP contribution >= 0.6 is 0 Å². The molecule has 18 heavy (non-hydrogen) atoms. The molecule has 4 heteroatoms. The normalized spacial score (nSPS) is 31.8. The lowest BCUT2D eigenvalue weighted by atomic mass is 9.99. The molecule has 4 nitrogen and oxygen atoms in total. The summed E-state index contributed by atoms with van der Waals surface area (Å²) in [6.45, 7) is 4.56. The first-order valence-electron chi connectivity index (χ1n) is 7.16. The molecule has 0 aromatic carbocycles. The predicted octanol–water partition coefficient (Wildman–Crippen LogP) is 1.52. The van der Waals surface area contributed by atoms with Gasteiger partial charge in [-0.05, 0) is 46.1 Å². The average Bonchev–Trinajstić information content (AvgIpc) is 3.07. The maximum atomic E-state index is 9.45. The molecule has 0 radical (unpaired) electrons. The van der Waals surface area contributed by atoms with Gasteiger partial charge in [0.25, 0.3) is 0 Å². The van der Waals surface area contributed by atoms with E-state index in [1.807, 2.05) is 6.92 Å². The van der Waals surface area contributed by atoms with E-state index >= 15 is 0 Å². The van der Waals surface area contributed by atoms with E-state index in [4.69, 9.17) is 4.74 Å². The largest absolute Gasteiger partial charge is 0.380 e. The van der Waals surface area contributed by atoms with Gasteiger partial charge in [0.15, 0.2) is 0 Å². The Morgan fingerprint density at radius 3 is 2.83 bits per heavy atom. The molecule has 2 rings (SSSR count). The van der Waals surface area contributed by atoms with E-state index in [-0.39, 0.29) is 5.54 Å². The van der Waals surface area contributed by atoms with Crippen molar-refractivity contribution in [2.75, 3.05) is 26.8 Å². The summed E-state index contributed by atoms with van der Waals surface area (Å²) in [7, 11) is 2.15. The number of hydrogen-bond acceptors (Lipinski definition) is 4. The third kappa shape index (κ3) is 3.44. The molecule has 2 atom stereocenters. The monoisotopic (exact) mass is 251 g/mol. The molecule has 0 aromatic rings. The number of likely N-dealkylation sites (N-methyl/N-ethyl adjacent to an activating group) is 1. The van der Waals surface area contributed by atoms with Gasteiger partial charge in [0, 0.05) is 25.2 Å². The van der Waals surface area contributed by atoms with Crippen LogP contribution in [0.1, 0.15) is 39.0 Å². The van der Waals surface area contributed by atoms with Gasteiger partial charge >= 0.3 is 0 Å². The van der Waals surface area contributed by atoms with Gasteiger partial charge in [-0.15, -0.1) is 0 Å². The van der Waals surface area contributed by atoms with E-state index in [2.05, 4.69) is 23.3 Å². The van der Waals surface area contributed by atoms with Crippen molar-refractivity contribution >= 4 is 0 Å². The van der Waals surface area contributed by atoms with E-state index in [0.717, 1.165) is 39.0 Å². The van der Waals surface area contributed by atoms with Gasteiger partial charge < -0.3 is 9.64 Å². The second kappa shape index (κ2) is 6.01. The standard InChI is InChI=1S/C14H25N3O/c1-3-18-9-8-17(2)13-6-7-14(10-13,11-15)16-12-4-5-12/h12-13,16H,3-10H2,1-2H3. The summed E-state index contributed by atoms with van der Waals surface area (Å²) >= 11 is 0. The van der Waals surface area contributed by atoms with E-state index < -0.39 is 0 Å². The first kappa shape index (κ1) is 13.8. The number of hydrogen-bond donors (Lipinski definition) is 1. The van der Waals surface area contributed by atoms with Gasteiger partial charge in [-0.2, -0.15) is 5.26 Å². The quantitative estimate of drug-likeness (QED) is 0.697. The molecule has 0 bridgehead atoms. The number of rotatable bonds is 7. The van der Waals surface area contributed by atoms with Crippen LogP contribution in [0.25, 0.3) is 0 Å². The Hall–Kier alpha value is -0.630. The van der Waals surface area contributed by atoms with Gasteiger partial charge in [-0.3, -0.25) is 5.32 Å². The summed E-state index contributed by atoms with van der Waals surface area (Å²) in [5.74, 6) is 0.